The van der Waals surface area contributed by atoms with Crippen molar-refractivity contribution in [2.75, 3.05) is 5.73 Å². The highest BCUT2D eigenvalue weighted by Gasteiger charge is 2.22. The normalized spacial score (nSPS) is 21.9. The first-order valence-corrected chi connectivity index (χ1v) is 7.21. The maximum Gasteiger partial charge on any atom is 0.0314 e. The van der Waals surface area contributed by atoms with E-state index in [9.17, 15) is 0 Å². The van der Waals surface area contributed by atoms with E-state index >= 15 is 0 Å². The molecule has 2 unspecified atom stereocenters. The topological polar surface area (TPSA) is 26.0 Å². The largest absolute Gasteiger partial charge is 0.399 e. The number of nitrogen functional groups attached to an aromatic ring is 1. The number of rotatable bonds is 1. The van der Waals surface area contributed by atoms with Crippen LogP contribution in [0.4, 0.5) is 5.69 Å². The second-order valence-electron chi connectivity index (χ2n) is 5.51. The second-order valence-corrected chi connectivity index (χ2v) is 5.51. The molecule has 1 aliphatic carbocycles. The lowest BCUT2D eigenvalue weighted by Crippen LogP contribution is -2.13. The Morgan fingerprint density at radius 3 is 2.11 bits per heavy atom. The first kappa shape index (κ1) is 15.6. The molecule has 0 bridgehead atoms. The average Bonchev–Trinajstić information content (AvgIpc) is 2.31. The molecule has 106 valence electrons. The Labute approximate surface area is 119 Å². The molecule has 0 aliphatic heterocycles. The van der Waals surface area contributed by atoms with Gasteiger partial charge in [0.2, 0.25) is 0 Å². The fourth-order valence-corrected chi connectivity index (χ4v) is 2.69. The van der Waals surface area contributed by atoms with Gasteiger partial charge in [0.05, 0.1) is 0 Å². The quantitative estimate of drug-likeness (QED) is 0.657. The van der Waals surface area contributed by atoms with Gasteiger partial charge in [0, 0.05) is 13.0 Å². The van der Waals surface area contributed by atoms with Crippen LogP contribution in [0.15, 0.2) is 47.6 Å². The lowest BCUT2D eigenvalue weighted by Gasteiger charge is -2.27. The van der Waals surface area contributed by atoms with Gasteiger partial charge in [-0.1, -0.05) is 62.6 Å². The molecule has 19 heavy (non-hydrogen) atoms. The van der Waals surface area contributed by atoms with Crippen LogP contribution >= 0.6 is 0 Å². The summed E-state index contributed by atoms with van der Waals surface area (Å²) in [5, 5.41) is 0. The summed E-state index contributed by atoms with van der Waals surface area (Å²) < 4.78 is 0. The minimum atomic E-state index is 0. The minimum Gasteiger partial charge on any atom is -0.399 e. The van der Waals surface area contributed by atoms with Gasteiger partial charge in [0.1, 0.15) is 0 Å². The Hall–Kier alpha value is -1.50. The Balaban J connectivity index is 0.000000830. The van der Waals surface area contributed by atoms with Crippen molar-refractivity contribution >= 4 is 5.69 Å². The fraction of sp³-hybridized carbons (Fsp3) is 0.444. The van der Waals surface area contributed by atoms with E-state index in [1.165, 1.54) is 23.1 Å². The lowest BCUT2D eigenvalue weighted by molar-refractivity contribution is 0.601. The zero-order valence-corrected chi connectivity index (χ0v) is 12.9. The van der Waals surface area contributed by atoms with Crippen LogP contribution in [-0.2, 0) is 0 Å². The smallest absolute Gasteiger partial charge is 0.0314 e. The molecular weight excluding hydrogens is 230 g/mol. The Morgan fingerprint density at radius 2 is 1.63 bits per heavy atom. The molecule has 2 N–H and O–H groups in total. The van der Waals surface area contributed by atoms with Crippen molar-refractivity contribution in [2.24, 2.45) is 5.92 Å². The summed E-state index contributed by atoms with van der Waals surface area (Å²) in [5.41, 5.74) is 10.7. The van der Waals surface area contributed by atoms with Gasteiger partial charge < -0.3 is 5.73 Å². The summed E-state index contributed by atoms with van der Waals surface area (Å²) >= 11 is 0. The molecule has 0 heterocycles. The van der Waals surface area contributed by atoms with Crippen LogP contribution in [0.1, 0.15) is 53.9 Å². The predicted octanol–water partition coefficient (Wildman–Crippen LogP) is 5.56. The van der Waals surface area contributed by atoms with Gasteiger partial charge in [-0.2, -0.15) is 0 Å². The monoisotopic (exact) mass is 259 g/mol. The minimum absolute atomic E-state index is 0. The van der Waals surface area contributed by atoms with Crippen molar-refractivity contribution in [3.63, 3.8) is 0 Å². The zero-order chi connectivity index (χ0) is 14.4. The predicted molar refractivity (Wildman–Crippen MR) is 88.4 cm³/mol. The Morgan fingerprint density at radius 1 is 1.11 bits per heavy atom. The molecule has 0 saturated heterocycles. The molecular formula is C18H29N. The van der Waals surface area contributed by atoms with Crippen molar-refractivity contribution in [2.45, 2.75) is 47.0 Å². The SMILES string of the molecule is CC1=CC(C)C(c2ccc(N)cc2)C(C)=C1.CCC.[HH]. The van der Waals surface area contributed by atoms with E-state index in [0.29, 0.717) is 11.8 Å². The van der Waals surface area contributed by atoms with Gasteiger partial charge in [-0.3, -0.25) is 0 Å². The molecule has 2 rings (SSSR count). The van der Waals surface area contributed by atoms with E-state index in [2.05, 4.69) is 58.9 Å². The zero-order valence-electron chi connectivity index (χ0n) is 12.9. The number of hydrogen-bond donors (Lipinski definition) is 1. The summed E-state index contributed by atoms with van der Waals surface area (Å²) in [6, 6.07) is 8.26. The van der Waals surface area contributed by atoms with Crippen molar-refractivity contribution in [3.05, 3.63) is 53.1 Å². The maximum atomic E-state index is 5.72. The number of anilines is 1. The molecule has 1 aliphatic rings. The van der Waals surface area contributed by atoms with E-state index in [-0.39, 0.29) is 1.43 Å². The molecule has 1 nitrogen and oxygen atoms in total. The van der Waals surface area contributed by atoms with Crippen LogP contribution in [0.2, 0.25) is 0 Å². The van der Waals surface area contributed by atoms with E-state index in [1.54, 1.807) is 0 Å². The summed E-state index contributed by atoms with van der Waals surface area (Å²) in [6.07, 6.45) is 5.87. The van der Waals surface area contributed by atoms with Gasteiger partial charge >= 0.3 is 0 Å². The standard InChI is InChI=1S/C15H19N.C3H8.H2/c1-10-8-11(2)15(12(3)9-10)13-4-6-14(16)7-5-13;1-3-2;/h4-9,11,15H,16H2,1-3H3;3H2,1-2H3;1H. The van der Waals surface area contributed by atoms with Crippen molar-refractivity contribution < 1.29 is 1.43 Å². The highest BCUT2D eigenvalue weighted by molar-refractivity contribution is 5.44. The van der Waals surface area contributed by atoms with Gasteiger partial charge in [-0.15, -0.1) is 0 Å². The van der Waals surface area contributed by atoms with E-state index in [1.807, 2.05) is 12.1 Å². The summed E-state index contributed by atoms with van der Waals surface area (Å²) in [4.78, 5) is 0. The van der Waals surface area contributed by atoms with Crippen LogP contribution in [0.5, 0.6) is 0 Å². The lowest BCUT2D eigenvalue weighted by atomic mass is 9.77. The Kier molecular flexibility index (Phi) is 5.88. The van der Waals surface area contributed by atoms with Crippen molar-refractivity contribution in [3.8, 4) is 0 Å². The van der Waals surface area contributed by atoms with Gasteiger partial charge in [-0.05, 0) is 37.5 Å². The number of benzene rings is 1. The van der Waals surface area contributed by atoms with Crippen LogP contribution in [-0.4, -0.2) is 0 Å². The Bertz CT molecular complexity index is 457. The van der Waals surface area contributed by atoms with Gasteiger partial charge in [-0.25, -0.2) is 0 Å². The number of allylic oxidation sites excluding steroid dienone is 4. The van der Waals surface area contributed by atoms with Crippen LogP contribution in [0.25, 0.3) is 0 Å². The average molecular weight is 259 g/mol. The number of nitrogens with two attached hydrogens (primary N) is 1. The molecule has 1 aromatic rings. The van der Waals surface area contributed by atoms with Crippen LogP contribution in [0.3, 0.4) is 0 Å². The fourth-order valence-electron chi connectivity index (χ4n) is 2.69. The first-order chi connectivity index (χ1) is 8.99. The van der Waals surface area contributed by atoms with E-state index < -0.39 is 0 Å². The summed E-state index contributed by atoms with van der Waals surface area (Å²) in [6.45, 7) is 10.9. The van der Waals surface area contributed by atoms with Crippen molar-refractivity contribution in [1.29, 1.82) is 0 Å². The number of hydrogen-bond acceptors (Lipinski definition) is 1. The third-order valence-corrected chi connectivity index (χ3v) is 3.29. The van der Waals surface area contributed by atoms with Crippen LogP contribution in [0, 0.1) is 5.92 Å². The highest BCUT2D eigenvalue weighted by Crippen LogP contribution is 2.37. The summed E-state index contributed by atoms with van der Waals surface area (Å²) in [5.74, 6) is 1.07. The maximum absolute atomic E-state index is 5.72. The molecule has 1 heteroatoms. The van der Waals surface area contributed by atoms with Gasteiger partial charge in [0.15, 0.2) is 0 Å². The molecule has 0 amide bonds. The third kappa shape index (κ3) is 4.27. The van der Waals surface area contributed by atoms with E-state index in [4.69, 9.17) is 5.73 Å². The molecule has 0 fully saturated rings. The molecule has 0 aromatic heterocycles. The summed E-state index contributed by atoms with van der Waals surface area (Å²) in [7, 11) is 0. The molecule has 0 spiro atoms. The highest BCUT2D eigenvalue weighted by atomic mass is 14.5. The molecule has 0 saturated carbocycles. The van der Waals surface area contributed by atoms with Gasteiger partial charge in [0.25, 0.3) is 0 Å². The first-order valence-electron chi connectivity index (χ1n) is 7.21. The molecule has 2 atom stereocenters. The third-order valence-electron chi connectivity index (χ3n) is 3.29. The van der Waals surface area contributed by atoms with Crippen molar-refractivity contribution in [1.82, 2.24) is 0 Å². The second kappa shape index (κ2) is 7.18. The molecule has 1 aromatic carbocycles. The molecule has 0 radical (unpaired) electrons. The van der Waals surface area contributed by atoms with E-state index in [0.717, 1.165) is 5.69 Å². The van der Waals surface area contributed by atoms with Crippen LogP contribution < -0.4 is 5.73 Å².